The third kappa shape index (κ3) is 2.91. The van der Waals surface area contributed by atoms with E-state index in [1.165, 1.54) is 34.0 Å². The second kappa shape index (κ2) is 6.06. The maximum absolute atomic E-state index is 4.57. The maximum Gasteiger partial charge on any atom is 0.0913 e. The Hall–Kier alpha value is -1.72. The van der Waals surface area contributed by atoms with Crippen molar-refractivity contribution in [3.05, 3.63) is 45.7 Å². The zero-order valence-electron chi connectivity index (χ0n) is 13.7. The summed E-state index contributed by atoms with van der Waals surface area (Å²) in [5.41, 5.74) is 4.90. The first-order valence-corrected chi connectivity index (χ1v) is 9.09. The first-order valence-electron chi connectivity index (χ1n) is 8.28. The minimum atomic E-state index is 0.624. The standard InChI is InChI=1S/C18H22N4S/c1-12-17(23-13(2)21-12)11-22-8-5-14(6-9-22)15-10-20-16-4-3-7-19-18(15)16/h3-4,7,10,14,20H,5-6,8-9,11H2,1-2H3. The van der Waals surface area contributed by atoms with Gasteiger partial charge in [-0.25, -0.2) is 4.98 Å². The summed E-state index contributed by atoms with van der Waals surface area (Å²) < 4.78 is 0. The molecule has 1 aliphatic heterocycles. The van der Waals surface area contributed by atoms with Crippen LogP contribution in [0.25, 0.3) is 11.0 Å². The first-order chi connectivity index (χ1) is 11.2. The number of aryl methyl sites for hydroxylation is 2. The fraction of sp³-hybridized carbons (Fsp3) is 0.444. The van der Waals surface area contributed by atoms with Gasteiger partial charge in [-0.05, 0) is 63.4 Å². The normalized spacial score (nSPS) is 17.1. The van der Waals surface area contributed by atoms with Crippen LogP contribution in [0.4, 0.5) is 0 Å². The van der Waals surface area contributed by atoms with E-state index in [9.17, 15) is 0 Å². The number of nitrogens with zero attached hydrogens (tertiary/aromatic N) is 3. The fourth-order valence-corrected chi connectivity index (χ4v) is 4.59. The summed E-state index contributed by atoms with van der Waals surface area (Å²) in [5.74, 6) is 0.624. The second-order valence-electron chi connectivity index (χ2n) is 6.44. The number of nitrogens with one attached hydrogen (secondary N) is 1. The van der Waals surface area contributed by atoms with Crippen LogP contribution in [0.1, 0.15) is 39.9 Å². The van der Waals surface area contributed by atoms with Crippen LogP contribution < -0.4 is 0 Å². The summed E-state index contributed by atoms with van der Waals surface area (Å²) in [7, 11) is 0. The highest BCUT2D eigenvalue weighted by Crippen LogP contribution is 2.33. The van der Waals surface area contributed by atoms with E-state index < -0.39 is 0 Å². The summed E-state index contributed by atoms with van der Waals surface area (Å²) in [5, 5.41) is 1.18. The van der Waals surface area contributed by atoms with E-state index in [0.717, 1.165) is 30.7 Å². The van der Waals surface area contributed by atoms with Gasteiger partial charge in [0, 0.05) is 23.8 Å². The van der Waals surface area contributed by atoms with Gasteiger partial charge in [-0.15, -0.1) is 11.3 Å². The predicted octanol–water partition coefficient (Wildman–Crippen LogP) is 4.02. The summed E-state index contributed by atoms with van der Waals surface area (Å²) in [4.78, 5) is 16.5. The van der Waals surface area contributed by atoms with Crippen LogP contribution in [-0.4, -0.2) is 32.9 Å². The molecule has 0 radical (unpaired) electrons. The van der Waals surface area contributed by atoms with Crippen molar-refractivity contribution < 1.29 is 0 Å². The molecule has 1 fully saturated rings. The van der Waals surface area contributed by atoms with Crippen molar-refractivity contribution in [2.24, 2.45) is 0 Å². The molecule has 4 heterocycles. The molecule has 1 N–H and O–H groups in total. The number of H-pyrrole nitrogens is 1. The molecule has 3 aromatic heterocycles. The number of pyridine rings is 1. The molecule has 5 heteroatoms. The summed E-state index contributed by atoms with van der Waals surface area (Å²) in [6, 6.07) is 4.10. The van der Waals surface area contributed by atoms with E-state index in [1.807, 2.05) is 23.6 Å². The van der Waals surface area contributed by atoms with Crippen LogP contribution in [0.3, 0.4) is 0 Å². The first kappa shape index (κ1) is 14.8. The summed E-state index contributed by atoms with van der Waals surface area (Å²) in [6.45, 7) is 7.58. The van der Waals surface area contributed by atoms with Gasteiger partial charge in [0.1, 0.15) is 0 Å². The molecule has 0 spiro atoms. The minimum Gasteiger partial charge on any atom is -0.360 e. The lowest BCUT2D eigenvalue weighted by Gasteiger charge is -2.31. The predicted molar refractivity (Wildman–Crippen MR) is 94.9 cm³/mol. The zero-order valence-corrected chi connectivity index (χ0v) is 14.5. The molecule has 0 saturated carbocycles. The van der Waals surface area contributed by atoms with Crippen LogP contribution in [0.5, 0.6) is 0 Å². The lowest BCUT2D eigenvalue weighted by atomic mass is 9.90. The van der Waals surface area contributed by atoms with Crippen LogP contribution in [0, 0.1) is 13.8 Å². The van der Waals surface area contributed by atoms with Crippen LogP contribution >= 0.6 is 11.3 Å². The highest BCUT2D eigenvalue weighted by Gasteiger charge is 2.24. The van der Waals surface area contributed by atoms with Crippen molar-refractivity contribution in [1.29, 1.82) is 0 Å². The fourth-order valence-electron chi connectivity index (χ4n) is 3.61. The van der Waals surface area contributed by atoms with Gasteiger partial charge in [-0.1, -0.05) is 0 Å². The van der Waals surface area contributed by atoms with Crippen LogP contribution in [0.2, 0.25) is 0 Å². The Bertz CT molecular complexity index is 811. The molecule has 0 bridgehead atoms. The van der Waals surface area contributed by atoms with E-state index in [2.05, 4.69) is 46.0 Å². The molecule has 0 unspecified atom stereocenters. The Morgan fingerprint density at radius 1 is 1.30 bits per heavy atom. The summed E-state index contributed by atoms with van der Waals surface area (Å²) >= 11 is 1.84. The largest absolute Gasteiger partial charge is 0.360 e. The lowest BCUT2D eigenvalue weighted by molar-refractivity contribution is 0.206. The number of aromatic nitrogens is 3. The SMILES string of the molecule is Cc1nc(C)c(CN2CCC(c3c[nH]c4cccnc34)CC2)s1. The minimum absolute atomic E-state index is 0.624. The van der Waals surface area contributed by atoms with E-state index >= 15 is 0 Å². The van der Waals surface area contributed by atoms with Gasteiger partial charge in [0.15, 0.2) is 0 Å². The van der Waals surface area contributed by atoms with Crippen molar-refractivity contribution in [1.82, 2.24) is 19.9 Å². The topological polar surface area (TPSA) is 44.8 Å². The smallest absolute Gasteiger partial charge is 0.0913 e. The van der Waals surface area contributed by atoms with Crippen molar-refractivity contribution in [3.8, 4) is 0 Å². The number of piperidine rings is 1. The van der Waals surface area contributed by atoms with Crippen molar-refractivity contribution >= 4 is 22.4 Å². The Balaban J connectivity index is 1.44. The van der Waals surface area contributed by atoms with Crippen LogP contribution in [0.15, 0.2) is 24.5 Å². The third-order valence-electron chi connectivity index (χ3n) is 4.86. The van der Waals surface area contributed by atoms with E-state index in [4.69, 9.17) is 0 Å². The lowest BCUT2D eigenvalue weighted by Crippen LogP contribution is -2.32. The molecule has 0 amide bonds. The Labute approximate surface area is 140 Å². The Morgan fingerprint density at radius 3 is 2.87 bits per heavy atom. The van der Waals surface area contributed by atoms with Gasteiger partial charge < -0.3 is 4.98 Å². The molecule has 1 saturated heterocycles. The molecule has 4 nitrogen and oxygen atoms in total. The molecule has 4 rings (SSSR count). The quantitative estimate of drug-likeness (QED) is 0.791. The maximum atomic E-state index is 4.57. The van der Waals surface area contributed by atoms with E-state index in [0.29, 0.717) is 5.92 Å². The van der Waals surface area contributed by atoms with Crippen LogP contribution in [-0.2, 0) is 6.54 Å². The number of thiazole rings is 1. The molecule has 0 atom stereocenters. The number of aromatic amines is 1. The van der Waals surface area contributed by atoms with E-state index in [1.54, 1.807) is 0 Å². The summed E-state index contributed by atoms with van der Waals surface area (Å²) in [6.07, 6.45) is 6.47. The van der Waals surface area contributed by atoms with Gasteiger partial charge in [0.05, 0.1) is 21.7 Å². The average Bonchev–Trinajstić information content (AvgIpc) is 3.12. The number of fused-ring (bicyclic) bond motifs is 1. The highest BCUT2D eigenvalue weighted by atomic mass is 32.1. The van der Waals surface area contributed by atoms with Gasteiger partial charge in [0.25, 0.3) is 0 Å². The monoisotopic (exact) mass is 326 g/mol. The molecule has 1 aliphatic rings. The van der Waals surface area contributed by atoms with Gasteiger partial charge in [0.2, 0.25) is 0 Å². The zero-order chi connectivity index (χ0) is 15.8. The number of likely N-dealkylation sites (tertiary alicyclic amines) is 1. The number of hydrogen-bond acceptors (Lipinski definition) is 4. The number of hydrogen-bond donors (Lipinski definition) is 1. The van der Waals surface area contributed by atoms with Crippen molar-refractivity contribution in [2.75, 3.05) is 13.1 Å². The molecular formula is C18H22N4S. The molecule has 3 aromatic rings. The highest BCUT2D eigenvalue weighted by molar-refractivity contribution is 7.11. The van der Waals surface area contributed by atoms with Gasteiger partial charge in [-0.2, -0.15) is 0 Å². The molecule has 23 heavy (non-hydrogen) atoms. The molecular weight excluding hydrogens is 304 g/mol. The molecule has 0 aromatic carbocycles. The van der Waals surface area contributed by atoms with Crippen molar-refractivity contribution in [2.45, 2.75) is 39.2 Å². The van der Waals surface area contributed by atoms with Crippen molar-refractivity contribution in [3.63, 3.8) is 0 Å². The number of rotatable bonds is 3. The third-order valence-corrected chi connectivity index (χ3v) is 5.92. The Morgan fingerprint density at radius 2 is 2.13 bits per heavy atom. The van der Waals surface area contributed by atoms with Gasteiger partial charge in [-0.3, -0.25) is 9.88 Å². The second-order valence-corrected chi connectivity index (χ2v) is 7.72. The molecule has 120 valence electrons. The van der Waals surface area contributed by atoms with Gasteiger partial charge >= 0.3 is 0 Å². The average molecular weight is 326 g/mol. The Kier molecular flexibility index (Phi) is 3.91. The van der Waals surface area contributed by atoms with E-state index in [-0.39, 0.29) is 0 Å². The molecule has 0 aliphatic carbocycles.